The van der Waals surface area contributed by atoms with Gasteiger partial charge in [-0.2, -0.15) is 44.6 Å². The Balaban J connectivity index is 0. The van der Waals surface area contributed by atoms with Crippen LogP contribution in [-0.4, -0.2) is 23.0 Å². The van der Waals surface area contributed by atoms with Crippen LogP contribution in [0.4, 0.5) is 0 Å². The molecule has 0 bridgehead atoms. The summed E-state index contributed by atoms with van der Waals surface area (Å²) < 4.78 is 0. The Morgan fingerprint density at radius 1 is 0.500 bits per heavy atom. The van der Waals surface area contributed by atoms with Crippen molar-refractivity contribution >= 4 is 23.5 Å². The Hall–Kier alpha value is -1.34. The molecule has 0 aliphatic carbocycles. The van der Waals surface area contributed by atoms with Crippen LogP contribution in [0, 0.1) is 45.3 Å². The first-order chi connectivity index (χ1) is 8.83. The Labute approximate surface area is 118 Å². The molecule has 18 heavy (non-hydrogen) atoms. The molecule has 0 saturated heterocycles. The van der Waals surface area contributed by atoms with E-state index in [9.17, 15) is 0 Å². The highest BCUT2D eigenvalue weighted by atomic mass is 32.2. The van der Waals surface area contributed by atoms with Crippen molar-refractivity contribution in [1.82, 2.24) is 0 Å². The number of nitrogens with zero attached hydrogens (tertiary/aromatic N) is 4. The lowest BCUT2D eigenvalue weighted by Gasteiger charge is -1.89. The fourth-order valence-electron chi connectivity index (χ4n) is 0.675. The highest BCUT2D eigenvalue weighted by molar-refractivity contribution is 7.99. The van der Waals surface area contributed by atoms with Crippen LogP contribution in [0.1, 0.15) is 25.7 Å². The molecule has 0 radical (unpaired) electrons. The van der Waals surface area contributed by atoms with E-state index in [1.54, 1.807) is 23.5 Å². The molecule has 0 amide bonds. The molecule has 96 valence electrons. The van der Waals surface area contributed by atoms with E-state index in [0.29, 0.717) is 25.7 Å². The molecule has 0 N–H and O–H groups in total. The van der Waals surface area contributed by atoms with Gasteiger partial charge in [0.2, 0.25) is 0 Å². The first-order valence-corrected chi connectivity index (χ1v) is 7.77. The van der Waals surface area contributed by atoms with E-state index in [2.05, 4.69) is 0 Å². The first-order valence-electron chi connectivity index (χ1n) is 5.46. The molecular formula is C12H16N4S2. The standard InChI is InChI=1S/2C6H8N2S/c2*7-3-1-5-9-6-2-4-8/h2*1-2,5-6H2. The lowest BCUT2D eigenvalue weighted by atomic mass is 10.5. The molecule has 0 aromatic rings. The molecule has 6 heteroatoms. The maximum atomic E-state index is 8.09. The fourth-order valence-corrected chi connectivity index (χ4v) is 2.03. The van der Waals surface area contributed by atoms with Crippen LogP contribution in [0.5, 0.6) is 0 Å². The predicted octanol–water partition coefficient (Wildman–Crippen LogP) is 3.09. The summed E-state index contributed by atoms with van der Waals surface area (Å²) in [6.07, 6.45) is 2.37. The van der Waals surface area contributed by atoms with Gasteiger partial charge in [-0.1, -0.05) is 0 Å². The summed E-state index contributed by atoms with van der Waals surface area (Å²) in [7, 11) is 0. The summed E-state index contributed by atoms with van der Waals surface area (Å²) >= 11 is 3.31. The van der Waals surface area contributed by atoms with Crippen molar-refractivity contribution in [3.63, 3.8) is 0 Å². The zero-order chi connectivity index (χ0) is 13.9. The van der Waals surface area contributed by atoms with Crippen LogP contribution in [0.15, 0.2) is 0 Å². The Bertz CT molecular complexity index is 264. The van der Waals surface area contributed by atoms with Crippen LogP contribution in [0.25, 0.3) is 0 Å². The molecule has 0 fully saturated rings. The zero-order valence-electron chi connectivity index (χ0n) is 10.3. The molecule has 4 nitrogen and oxygen atoms in total. The smallest absolute Gasteiger partial charge is 0.0630 e. The second-order valence-electron chi connectivity index (χ2n) is 2.86. The van der Waals surface area contributed by atoms with E-state index in [1.807, 2.05) is 24.3 Å². The van der Waals surface area contributed by atoms with Crippen molar-refractivity contribution in [2.75, 3.05) is 23.0 Å². The maximum Gasteiger partial charge on any atom is 0.0630 e. The molecule has 0 heterocycles. The van der Waals surface area contributed by atoms with Gasteiger partial charge in [-0.05, 0) is 0 Å². The highest BCUT2D eigenvalue weighted by Crippen LogP contribution is 2.02. The molecule has 0 saturated carbocycles. The lowest BCUT2D eigenvalue weighted by molar-refractivity contribution is 1.20. The normalized spacial score (nSPS) is 7.78. The third-order valence-corrected chi connectivity index (χ3v) is 3.40. The van der Waals surface area contributed by atoms with Gasteiger partial charge in [-0.3, -0.25) is 0 Å². The van der Waals surface area contributed by atoms with Crippen molar-refractivity contribution in [1.29, 1.82) is 21.0 Å². The number of hydrogen-bond acceptors (Lipinski definition) is 6. The Morgan fingerprint density at radius 3 is 0.889 bits per heavy atom. The Morgan fingerprint density at radius 2 is 0.722 bits per heavy atom. The number of rotatable bonds is 8. The molecule has 0 aromatic heterocycles. The van der Waals surface area contributed by atoms with Crippen molar-refractivity contribution in [2.45, 2.75) is 25.7 Å². The summed E-state index contributed by atoms with van der Waals surface area (Å²) in [5, 5.41) is 32.4. The summed E-state index contributed by atoms with van der Waals surface area (Å²) in [4.78, 5) is 0. The van der Waals surface area contributed by atoms with Gasteiger partial charge in [0.25, 0.3) is 0 Å². The van der Waals surface area contributed by atoms with E-state index in [0.717, 1.165) is 23.0 Å². The van der Waals surface area contributed by atoms with Gasteiger partial charge in [-0.25, -0.2) is 0 Å². The van der Waals surface area contributed by atoms with Gasteiger partial charge in [0.1, 0.15) is 0 Å². The minimum absolute atomic E-state index is 0.593. The number of hydrogen-bond donors (Lipinski definition) is 0. The van der Waals surface area contributed by atoms with Crippen LogP contribution >= 0.6 is 23.5 Å². The SMILES string of the molecule is N#CCCSCCC#N.N#CCCSCCC#N. The van der Waals surface area contributed by atoms with Crippen LogP contribution in [-0.2, 0) is 0 Å². The van der Waals surface area contributed by atoms with Crippen molar-refractivity contribution in [2.24, 2.45) is 0 Å². The number of nitriles is 4. The third kappa shape index (κ3) is 24.1. The predicted molar refractivity (Wildman–Crippen MR) is 75.6 cm³/mol. The molecule has 0 aliphatic rings. The van der Waals surface area contributed by atoms with Gasteiger partial charge in [0, 0.05) is 48.7 Å². The lowest BCUT2D eigenvalue weighted by Crippen LogP contribution is -1.79. The minimum atomic E-state index is 0.593. The molecule has 0 unspecified atom stereocenters. The molecule has 0 aliphatic heterocycles. The van der Waals surface area contributed by atoms with E-state index in [1.165, 1.54) is 0 Å². The monoisotopic (exact) mass is 280 g/mol. The van der Waals surface area contributed by atoms with Crippen molar-refractivity contribution in [3.05, 3.63) is 0 Å². The van der Waals surface area contributed by atoms with Crippen LogP contribution < -0.4 is 0 Å². The van der Waals surface area contributed by atoms with Crippen molar-refractivity contribution < 1.29 is 0 Å². The van der Waals surface area contributed by atoms with Crippen LogP contribution in [0.3, 0.4) is 0 Å². The van der Waals surface area contributed by atoms with Crippen molar-refractivity contribution in [3.8, 4) is 24.3 Å². The molecule has 0 aromatic carbocycles. The summed E-state index contributed by atoms with van der Waals surface area (Å²) in [5.41, 5.74) is 0. The second-order valence-corrected chi connectivity index (χ2v) is 5.31. The van der Waals surface area contributed by atoms with Gasteiger partial charge < -0.3 is 0 Å². The van der Waals surface area contributed by atoms with Gasteiger partial charge in [0.05, 0.1) is 24.3 Å². The summed E-state index contributed by atoms with van der Waals surface area (Å²) in [6, 6.07) is 8.16. The quantitative estimate of drug-likeness (QED) is 0.634. The summed E-state index contributed by atoms with van der Waals surface area (Å²) in [6.45, 7) is 0. The first kappa shape index (κ1) is 19.0. The average molecular weight is 280 g/mol. The van der Waals surface area contributed by atoms with Gasteiger partial charge in [-0.15, -0.1) is 0 Å². The van der Waals surface area contributed by atoms with Gasteiger partial charge in [0.15, 0.2) is 0 Å². The van der Waals surface area contributed by atoms with Gasteiger partial charge >= 0.3 is 0 Å². The third-order valence-electron chi connectivity index (χ3n) is 1.43. The molecule has 0 rings (SSSR count). The van der Waals surface area contributed by atoms with E-state index < -0.39 is 0 Å². The van der Waals surface area contributed by atoms with E-state index >= 15 is 0 Å². The fraction of sp³-hybridized carbons (Fsp3) is 0.667. The molecule has 0 spiro atoms. The second kappa shape index (κ2) is 21.0. The minimum Gasteiger partial charge on any atom is -0.198 e. The zero-order valence-corrected chi connectivity index (χ0v) is 11.9. The topological polar surface area (TPSA) is 95.2 Å². The molecule has 0 atom stereocenters. The molecular weight excluding hydrogens is 264 g/mol. The van der Waals surface area contributed by atoms with E-state index in [4.69, 9.17) is 21.0 Å². The highest BCUT2D eigenvalue weighted by Gasteiger charge is 1.86. The average Bonchev–Trinajstić information content (AvgIpc) is 2.39. The van der Waals surface area contributed by atoms with Crippen LogP contribution in [0.2, 0.25) is 0 Å². The largest absolute Gasteiger partial charge is 0.198 e. The van der Waals surface area contributed by atoms with E-state index in [-0.39, 0.29) is 0 Å². The Kier molecular flexibility index (Phi) is 22.2. The summed E-state index contributed by atoms with van der Waals surface area (Å²) in [5.74, 6) is 3.44. The number of thioether (sulfide) groups is 2. The maximum absolute atomic E-state index is 8.09.